The standard InChI is InChI=1S/C15H21N3O3/c16-15(21)17-9-10-5-7-11(8-6-10)14(20)18-12-3-1-2-4-13(12)19/h5-8,12-13,19H,1-4,9H2,(H,18,20)(H3,16,17,21)/t12-,13-/m1/s1. The normalized spacial score (nSPS) is 21.6. The van der Waals surface area contributed by atoms with Gasteiger partial charge in [0.25, 0.3) is 5.91 Å². The van der Waals surface area contributed by atoms with Crippen LogP contribution in [0.1, 0.15) is 41.6 Å². The number of aliphatic hydroxyl groups excluding tert-OH is 1. The summed E-state index contributed by atoms with van der Waals surface area (Å²) in [4.78, 5) is 22.7. The van der Waals surface area contributed by atoms with Crippen LogP contribution in [-0.2, 0) is 6.54 Å². The van der Waals surface area contributed by atoms with Crippen molar-refractivity contribution in [1.82, 2.24) is 10.6 Å². The second kappa shape index (κ2) is 7.08. The second-order valence-corrected chi connectivity index (χ2v) is 5.35. The number of rotatable bonds is 4. The average Bonchev–Trinajstić information content (AvgIpc) is 2.48. The number of urea groups is 1. The van der Waals surface area contributed by atoms with Gasteiger partial charge in [0.15, 0.2) is 0 Å². The van der Waals surface area contributed by atoms with Gasteiger partial charge in [-0.2, -0.15) is 0 Å². The van der Waals surface area contributed by atoms with Crippen molar-refractivity contribution in [3.05, 3.63) is 35.4 Å². The van der Waals surface area contributed by atoms with Crippen molar-refractivity contribution in [3.8, 4) is 0 Å². The Hall–Kier alpha value is -2.08. The van der Waals surface area contributed by atoms with Crippen molar-refractivity contribution in [2.75, 3.05) is 0 Å². The molecule has 0 aliphatic heterocycles. The number of carbonyl (C=O) groups excluding carboxylic acids is 2. The Morgan fingerprint density at radius 3 is 2.48 bits per heavy atom. The first-order valence-electron chi connectivity index (χ1n) is 7.17. The first-order chi connectivity index (χ1) is 10.1. The molecule has 6 nitrogen and oxygen atoms in total. The maximum atomic E-state index is 12.1. The predicted octanol–water partition coefficient (Wildman–Crippen LogP) is 0.888. The Labute approximate surface area is 123 Å². The molecule has 1 aliphatic carbocycles. The number of aliphatic hydroxyl groups is 1. The van der Waals surface area contributed by atoms with Crippen molar-refractivity contribution in [2.24, 2.45) is 5.73 Å². The van der Waals surface area contributed by atoms with E-state index < -0.39 is 12.1 Å². The lowest BCUT2D eigenvalue weighted by Crippen LogP contribution is -2.45. The third kappa shape index (κ3) is 4.46. The molecule has 1 aromatic rings. The summed E-state index contributed by atoms with van der Waals surface area (Å²) in [6.07, 6.45) is 3.13. The van der Waals surface area contributed by atoms with Crippen molar-refractivity contribution in [2.45, 2.75) is 44.4 Å². The molecule has 1 fully saturated rings. The molecule has 1 aliphatic rings. The summed E-state index contributed by atoms with van der Waals surface area (Å²) in [6, 6.07) is 6.18. The molecule has 2 atom stereocenters. The maximum Gasteiger partial charge on any atom is 0.312 e. The summed E-state index contributed by atoms with van der Waals surface area (Å²) in [5, 5.41) is 15.2. The monoisotopic (exact) mass is 291 g/mol. The summed E-state index contributed by atoms with van der Waals surface area (Å²) in [7, 11) is 0. The molecule has 0 bridgehead atoms. The van der Waals surface area contributed by atoms with Gasteiger partial charge in [0.05, 0.1) is 12.1 Å². The molecule has 21 heavy (non-hydrogen) atoms. The highest BCUT2D eigenvalue weighted by Gasteiger charge is 2.24. The van der Waals surface area contributed by atoms with E-state index >= 15 is 0 Å². The number of primary amides is 1. The Bertz CT molecular complexity index is 501. The van der Waals surface area contributed by atoms with Crippen molar-refractivity contribution < 1.29 is 14.7 Å². The third-order valence-corrected chi connectivity index (χ3v) is 3.73. The highest BCUT2D eigenvalue weighted by Crippen LogP contribution is 2.18. The minimum atomic E-state index is -0.580. The van der Waals surface area contributed by atoms with Gasteiger partial charge >= 0.3 is 6.03 Å². The van der Waals surface area contributed by atoms with E-state index in [2.05, 4.69) is 10.6 Å². The zero-order valence-corrected chi connectivity index (χ0v) is 11.8. The number of nitrogens with two attached hydrogens (primary N) is 1. The molecule has 1 aromatic carbocycles. The lowest BCUT2D eigenvalue weighted by atomic mass is 9.92. The average molecular weight is 291 g/mol. The minimum Gasteiger partial charge on any atom is -0.391 e. The Kier molecular flexibility index (Phi) is 5.16. The van der Waals surface area contributed by atoms with Crippen LogP contribution in [0.5, 0.6) is 0 Å². The molecule has 0 radical (unpaired) electrons. The van der Waals surface area contributed by atoms with E-state index in [1.165, 1.54) is 0 Å². The van der Waals surface area contributed by atoms with E-state index in [4.69, 9.17) is 5.73 Å². The fraction of sp³-hybridized carbons (Fsp3) is 0.467. The van der Waals surface area contributed by atoms with E-state index in [1.54, 1.807) is 24.3 Å². The zero-order chi connectivity index (χ0) is 15.2. The van der Waals surface area contributed by atoms with Crippen LogP contribution in [0.15, 0.2) is 24.3 Å². The molecule has 114 valence electrons. The molecular weight excluding hydrogens is 270 g/mol. The molecule has 5 N–H and O–H groups in total. The van der Waals surface area contributed by atoms with Crippen LogP contribution < -0.4 is 16.4 Å². The Balaban J connectivity index is 1.91. The van der Waals surface area contributed by atoms with E-state index in [9.17, 15) is 14.7 Å². The van der Waals surface area contributed by atoms with Gasteiger partial charge in [-0.05, 0) is 30.5 Å². The van der Waals surface area contributed by atoms with E-state index in [0.717, 1.165) is 31.2 Å². The van der Waals surface area contributed by atoms with Crippen LogP contribution >= 0.6 is 0 Å². The predicted molar refractivity (Wildman–Crippen MR) is 78.6 cm³/mol. The van der Waals surface area contributed by atoms with Gasteiger partial charge in [-0.3, -0.25) is 4.79 Å². The Morgan fingerprint density at radius 1 is 1.19 bits per heavy atom. The van der Waals surface area contributed by atoms with E-state index in [-0.39, 0.29) is 11.9 Å². The summed E-state index contributed by atoms with van der Waals surface area (Å²) >= 11 is 0. The minimum absolute atomic E-state index is 0.164. The van der Waals surface area contributed by atoms with Gasteiger partial charge < -0.3 is 21.5 Å². The summed E-state index contributed by atoms with van der Waals surface area (Å²) < 4.78 is 0. The van der Waals surface area contributed by atoms with Crippen LogP contribution in [0.3, 0.4) is 0 Å². The third-order valence-electron chi connectivity index (χ3n) is 3.73. The molecule has 2 rings (SSSR count). The van der Waals surface area contributed by atoms with Crippen LogP contribution in [-0.4, -0.2) is 29.2 Å². The fourth-order valence-corrected chi connectivity index (χ4v) is 2.49. The number of benzene rings is 1. The molecule has 1 saturated carbocycles. The number of hydrogen-bond donors (Lipinski definition) is 4. The summed E-state index contributed by atoms with van der Waals surface area (Å²) in [5.74, 6) is -0.185. The van der Waals surface area contributed by atoms with Gasteiger partial charge in [-0.25, -0.2) is 4.79 Å². The van der Waals surface area contributed by atoms with Crippen LogP contribution in [0.25, 0.3) is 0 Å². The van der Waals surface area contributed by atoms with Gasteiger partial charge in [-0.15, -0.1) is 0 Å². The second-order valence-electron chi connectivity index (χ2n) is 5.35. The zero-order valence-electron chi connectivity index (χ0n) is 11.8. The van der Waals surface area contributed by atoms with E-state index in [1.807, 2.05) is 0 Å². The topological polar surface area (TPSA) is 104 Å². The van der Waals surface area contributed by atoms with Crippen molar-refractivity contribution >= 4 is 11.9 Å². The SMILES string of the molecule is NC(=O)NCc1ccc(C(=O)N[C@@H]2CCCC[C@H]2O)cc1. The smallest absolute Gasteiger partial charge is 0.312 e. The molecule has 0 spiro atoms. The molecular formula is C15H21N3O3. The fourth-order valence-electron chi connectivity index (χ4n) is 2.49. The van der Waals surface area contributed by atoms with Gasteiger partial charge in [0.2, 0.25) is 0 Å². The molecule has 0 unspecified atom stereocenters. The first kappa shape index (κ1) is 15.3. The summed E-state index contributed by atoms with van der Waals surface area (Å²) in [5.41, 5.74) is 6.40. The highest BCUT2D eigenvalue weighted by molar-refractivity contribution is 5.94. The molecule has 0 heterocycles. The molecule has 0 saturated heterocycles. The lowest BCUT2D eigenvalue weighted by Gasteiger charge is -2.28. The van der Waals surface area contributed by atoms with Gasteiger partial charge in [0, 0.05) is 12.1 Å². The first-order valence-corrected chi connectivity index (χ1v) is 7.17. The molecule has 0 aromatic heterocycles. The quantitative estimate of drug-likeness (QED) is 0.662. The van der Waals surface area contributed by atoms with Crippen LogP contribution in [0.2, 0.25) is 0 Å². The maximum absolute atomic E-state index is 12.1. The summed E-state index contributed by atoms with van der Waals surface area (Å²) in [6.45, 7) is 0.332. The van der Waals surface area contributed by atoms with Gasteiger partial charge in [0.1, 0.15) is 0 Å². The van der Waals surface area contributed by atoms with Gasteiger partial charge in [-0.1, -0.05) is 25.0 Å². The van der Waals surface area contributed by atoms with Crippen LogP contribution in [0.4, 0.5) is 4.79 Å². The number of carbonyl (C=O) groups is 2. The molecule has 6 heteroatoms. The lowest BCUT2D eigenvalue weighted by molar-refractivity contribution is 0.0717. The van der Waals surface area contributed by atoms with E-state index in [0.29, 0.717) is 12.1 Å². The Morgan fingerprint density at radius 2 is 1.86 bits per heavy atom. The van der Waals surface area contributed by atoms with Crippen molar-refractivity contribution in [1.29, 1.82) is 0 Å². The largest absolute Gasteiger partial charge is 0.391 e. The number of amides is 3. The van der Waals surface area contributed by atoms with Crippen molar-refractivity contribution in [3.63, 3.8) is 0 Å². The van der Waals surface area contributed by atoms with Crippen LogP contribution in [0, 0.1) is 0 Å². The molecule has 3 amide bonds. The highest BCUT2D eigenvalue weighted by atomic mass is 16.3. The number of nitrogens with one attached hydrogen (secondary N) is 2. The number of hydrogen-bond acceptors (Lipinski definition) is 3.